The molecule has 1 nitrogen and oxygen atoms in total. The molecule has 82 valence electrons. The first-order chi connectivity index (χ1) is 6.63. The molecule has 0 atom stereocenters. The van der Waals surface area contributed by atoms with Crippen LogP contribution in [0.1, 0.15) is 46.5 Å². The van der Waals surface area contributed by atoms with Crippen LogP contribution in [0.2, 0.25) is 0 Å². The molecule has 0 heterocycles. The Morgan fingerprint density at radius 2 is 1.86 bits per heavy atom. The van der Waals surface area contributed by atoms with Crippen molar-refractivity contribution < 1.29 is 0 Å². The second kappa shape index (κ2) is 5.55. The molecule has 1 fully saturated rings. The lowest BCUT2D eigenvalue weighted by Gasteiger charge is -2.25. The van der Waals surface area contributed by atoms with Crippen LogP contribution in [-0.4, -0.2) is 6.54 Å². The highest BCUT2D eigenvalue weighted by atomic mass is 14.5. The summed E-state index contributed by atoms with van der Waals surface area (Å²) in [5, 5.41) is 0. The van der Waals surface area contributed by atoms with E-state index < -0.39 is 0 Å². The molecule has 0 spiro atoms. The highest BCUT2D eigenvalue weighted by Crippen LogP contribution is 2.30. The van der Waals surface area contributed by atoms with Crippen molar-refractivity contribution in [2.45, 2.75) is 46.5 Å². The largest absolute Gasteiger partial charge is 0.327 e. The molecule has 1 aliphatic rings. The van der Waals surface area contributed by atoms with Gasteiger partial charge in [-0.3, -0.25) is 0 Å². The number of hydrogen-bond donors (Lipinski definition) is 1. The van der Waals surface area contributed by atoms with Gasteiger partial charge in [0.2, 0.25) is 0 Å². The lowest BCUT2D eigenvalue weighted by molar-refractivity contribution is 0.328. The lowest BCUT2D eigenvalue weighted by atomic mass is 9.81. The summed E-state index contributed by atoms with van der Waals surface area (Å²) >= 11 is 0. The average Bonchev–Trinajstić information content (AvgIpc) is 2.16. The van der Waals surface area contributed by atoms with E-state index in [0.29, 0.717) is 5.92 Å². The Kier molecular flexibility index (Phi) is 4.67. The zero-order valence-electron chi connectivity index (χ0n) is 9.92. The molecule has 0 amide bonds. The van der Waals surface area contributed by atoms with Gasteiger partial charge in [0.1, 0.15) is 0 Å². The van der Waals surface area contributed by atoms with E-state index in [-0.39, 0.29) is 0 Å². The van der Waals surface area contributed by atoms with Crippen LogP contribution in [0.3, 0.4) is 0 Å². The molecule has 0 aliphatic heterocycles. The first kappa shape index (κ1) is 11.8. The van der Waals surface area contributed by atoms with Crippen molar-refractivity contribution in [3.8, 4) is 0 Å². The van der Waals surface area contributed by atoms with Gasteiger partial charge in [-0.2, -0.15) is 0 Å². The van der Waals surface area contributed by atoms with Crippen molar-refractivity contribution in [3.05, 3.63) is 11.6 Å². The molecule has 1 aliphatic carbocycles. The molecule has 1 rings (SSSR count). The van der Waals surface area contributed by atoms with E-state index in [9.17, 15) is 0 Å². The zero-order chi connectivity index (χ0) is 10.6. The normalized spacial score (nSPS) is 29.6. The average molecular weight is 195 g/mol. The minimum absolute atomic E-state index is 0.624. The maximum atomic E-state index is 5.75. The standard InChI is InChI=1S/C13H25N/c1-10(2)13(9-14)8-12-6-4-11(3)5-7-12/h8,10-12H,4-7,9,14H2,1-3H3/b13-8-. The fourth-order valence-corrected chi connectivity index (χ4v) is 2.25. The number of nitrogens with two attached hydrogens (primary N) is 1. The van der Waals surface area contributed by atoms with Gasteiger partial charge in [0.25, 0.3) is 0 Å². The first-order valence-electron chi connectivity index (χ1n) is 6.04. The highest BCUT2D eigenvalue weighted by molar-refractivity contribution is 5.08. The van der Waals surface area contributed by atoms with Gasteiger partial charge in [-0.15, -0.1) is 0 Å². The molecule has 0 saturated heterocycles. The highest BCUT2D eigenvalue weighted by Gasteiger charge is 2.17. The second-order valence-electron chi connectivity index (χ2n) is 5.12. The molecule has 0 aromatic rings. The van der Waals surface area contributed by atoms with Gasteiger partial charge in [0.15, 0.2) is 0 Å². The SMILES string of the molecule is CC1CCC(/C=C(/CN)C(C)C)CC1. The Morgan fingerprint density at radius 3 is 2.29 bits per heavy atom. The van der Waals surface area contributed by atoms with Gasteiger partial charge in [0.05, 0.1) is 0 Å². The van der Waals surface area contributed by atoms with Gasteiger partial charge >= 0.3 is 0 Å². The Bertz CT molecular complexity index is 185. The van der Waals surface area contributed by atoms with E-state index in [1.165, 1.54) is 31.3 Å². The minimum Gasteiger partial charge on any atom is -0.327 e. The third kappa shape index (κ3) is 3.45. The summed E-state index contributed by atoms with van der Waals surface area (Å²) in [6.07, 6.45) is 8.00. The molecule has 0 bridgehead atoms. The van der Waals surface area contributed by atoms with Crippen LogP contribution < -0.4 is 5.73 Å². The maximum absolute atomic E-state index is 5.75. The fourth-order valence-electron chi connectivity index (χ4n) is 2.25. The number of hydrogen-bond acceptors (Lipinski definition) is 1. The molecular formula is C13H25N. The number of allylic oxidation sites excluding steroid dienone is 1. The van der Waals surface area contributed by atoms with Crippen LogP contribution in [0.15, 0.2) is 11.6 Å². The summed E-state index contributed by atoms with van der Waals surface area (Å²) in [7, 11) is 0. The smallest absolute Gasteiger partial charge is 0.0139 e. The summed E-state index contributed by atoms with van der Waals surface area (Å²) < 4.78 is 0. The van der Waals surface area contributed by atoms with E-state index in [1.807, 2.05) is 0 Å². The molecule has 1 heteroatoms. The van der Waals surface area contributed by atoms with E-state index in [1.54, 1.807) is 0 Å². The monoisotopic (exact) mass is 195 g/mol. The predicted octanol–water partition coefficient (Wildman–Crippen LogP) is 3.35. The first-order valence-corrected chi connectivity index (χ1v) is 6.04. The van der Waals surface area contributed by atoms with E-state index in [2.05, 4.69) is 26.8 Å². The van der Waals surface area contributed by atoms with Crippen molar-refractivity contribution >= 4 is 0 Å². The topological polar surface area (TPSA) is 26.0 Å². The van der Waals surface area contributed by atoms with Crippen LogP contribution in [0.4, 0.5) is 0 Å². The van der Waals surface area contributed by atoms with Crippen molar-refractivity contribution in [2.24, 2.45) is 23.5 Å². The molecule has 1 saturated carbocycles. The second-order valence-corrected chi connectivity index (χ2v) is 5.12. The van der Waals surface area contributed by atoms with Crippen LogP contribution >= 0.6 is 0 Å². The molecule has 14 heavy (non-hydrogen) atoms. The molecule has 0 aromatic carbocycles. The Labute approximate surface area is 88.8 Å². The van der Waals surface area contributed by atoms with Crippen LogP contribution in [0.5, 0.6) is 0 Å². The minimum atomic E-state index is 0.624. The molecule has 0 unspecified atom stereocenters. The van der Waals surface area contributed by atoms with Gasteiger partial charge in [-0.25, -0.2) is 0 Å². The van der Waals surface area contributed by atoms with Gasteiger partial charge in [0, 0.05) is 6.54 Å². The Morgan fingerprint density at radius 1 is 1.29 bits per heavy atom. The maximum Gasteiger partial charge on any atom is 0.0139 e. The summed E-state index contributed by atoms with van der Waals surface area (Å²) in [6, 6.07) is 0. The third-order valence-corrected chi connectivity index (χ3v) is 3.49. The molecular weight excluding hydrogens is 170 g/mol. The number of rotatable bonds is 3. The zero-order valence-corrected chi connectivity index (χ0v) is 9.92. The van der Waals surface area contributed by atoms with Crippen molar-refractivity contribution in [1.82, 2.24) is 0 Å². The van der Waals surface area contributed by atoms with E-state index in [0.717, 1.165) is 18.4 Å². The quantitative estimate of drug-likeness (QED) is 0.687. The van der Waals surface area contributed by atoms with E-state index >= 15 is 0 Å². The Balaban J connectivity index is 2.49. The lowest BCUT2D eigenvalue weighted by Crippen LogP contribution is -2.14. The van der Waals surface area contributed by atoms with Crippen LogP contribution in [0.25, 0.3) is 0 Å². The van der Waals surface area contributed by atoms with Crippen molar-refractivity contribution in [1.29, 1.82) is 0 Å². The summed E-state index contributed by atoms with van der Waals surface area (Å²) in [4.78, 5) is 0. The summed E-state index contributed by atoms with van der Waals surface area (Å²) in [5.74, 6) is 2.38. The van der Waals surface area contributed by atoms with Gasteiger partial charge in [-0.05, 0) is 30.6 Å². The molecule has 0 radical (unpaired) electrons. The van der Waals surface area contributed by atoms with Crippen LogP contribution in [-0.2, 0) is 0 Å². The third-order valence-electron chi connectivity index (χ3n) is 3.49. The van der Waals surface area contributed by atoms with Crippen molar-refractivity contribution in [3.63, 3.8) is 0 Å². The van der Waals surface area contributed by atoms with Gasteiger partial charge in [-0.1, -0.05) is 45.3 Å². The Hall–Kier alpha value is -0.300. The molecule has 2 N–H and O–H groups in total. The fraction of sp³-hybridized carbons (Fsp3) is 0.846. The molecule has 0 aromatic heterocycles. The van der Waals surface area contributed by atoms with Crippen molar-refractivity contribution in [2.75, 3.05) is 6.54 Å². The van der Waals surface area contributed by atoms with Gasteiger partial charge < -0.3 is 5.73 Å². The van der Waals surface area contributed by atoms with E-state index in [4.69, 9.17) is 5.73 Å². The summed E-state index contributed by atoms with van der Waals surface area (Å²) in [5.41, 5.74) is 7.20. The predicted molar refractivity (Wildman–Crippen MR) is 63.1 cm³/mol. The van der Waals surface area contributed by atoms with Crippen LogP contribution in [0, 0.1) is 17.8 Å². The summed E-state index contributed by atoms with van der Waals surface area (Å²) in [6.45, 7) is 7.59.